The zero-order valence-electron chi connectivity index (χ0n) is 13.7. The Kier molecular flexibility index (Phi) is 7.15. The van der Waals surface area contributed by atoms with Gasteiger partial charge in [0.2, 0.25) is 5.91 Å². The van der Waals surface area contributed by atoms with Crippen molar-refractivity contribution in [2.75, 3.05) is 26.2 Å². The van der Waals surface area contributed by atoms with Gasteiger partial charge in [0.15, 0.2) is 0 Å². The standard InChI is InChI=1S/C16H30N2O3/c1-4-21-15(20)13-6-5-11-18(12-13)14(19)7-8-16(2,3)9-10-17/h13H,4-12,17H2,1-3H3. The molecule has 1 unspecified atom stereocenters. The van der Waals surface area contributed by atoms with Crippen LogP contribution in [-0.2, 0) is 14.3 Å². The van der Waals surface area contributed by atoms with Crippen molar-refractivity contribution in [3.63, 3.8) is 0 Å². The van der Waals surface area contributed by atoms with Gasteiger partial charge in [-0.1, -0.05) is 13.8 Å². The first-order chi connectivity index (χ1) is 9.89. The van der Waals surface area contributed by atoms with E-state index < -0.39 is 0 Å². The van der Waals surface area contributed by atoms with Crippen molar-refractivity contribution in [3.8, 4) is 0 Å². The summed E-state index contributed by atoms with van der Waals surface area (Å²) in [5, 5.41) is 0. The van der Waals surface area contributed by atoms with Crippen LogP contribution in [0.15, 0.2) is 0 Å². The van der Waals surface area contributed by atoms with Crippen LogP contribution >= 0.6 is 0 Å². The highest BCUT2D eigenvalue weighted by Gasteiger charge is 2.29. The molecule has 122 valence electrons. The molecule has 21 heavy (non-hydrogen) atoms. The predicted molar refractivity (Wildman–Crippen MR) is 82.6 cm³/mol. The van der Waals surface area contributed by atoms with Crippen molar-refractivity contribution in [1.82, 2.24) is 4.90 Å². The summed E-state index contributed by atoms with van der Waals surface area (Å²) in [6, 6.07) is 0. The predicted octanol–water partition coefficient (Wildman–Crippen LogP) is 1.94. The van der Waals surface area contributed by atoms with Gasteiger partial charge in [-0.05, 0) is 44.6 Å². The van der Waals surface area contributed by atoms with Crippen molar-refractivity contribution >= 4 is 11.9 Å². The summed E-state index contributed by atoms with van der Waals surface area (Å²) in [6.45, 7) is 8.41. The molecule has 1 amide bonds. The zero-order chi connectivity index (χ0) is 15.9. The molecule has 0 aromatic carbocycles. The van der Waals surface area contributed by atoms with Gasteiger partial charge in [0.05, 0.1) is 12.5 Å². The van der Waals surface area contributed by atoms with Gasteiger partial charge in [0.1, 0.15) is 0 Å². The second-order valence-electron chi connectivity index (χ2n) is 6.63. The van der Waals surface area contributed by atoms with Crippen molar-refractivity contribution < 1.29 is 14.3 Å². The normalized spacial score (nSPS) is 19.4. The van der Waals surface area contributed by atoms with E-state index in [1.54, 1.807) is 0 Å². The number of piperidine rings is 1. The highest BCUT2D eigenvalue weighted by atomic mass is 16.5. The Bertz CT molecular complexity index is 355. The van der Waals surface area contributed by atoms with E-state index in [-0.39, 0.29) is 23.2 Å². The van der Waals surface area contributed by atoms with Gasteiger partial charge in [-0.25, -0.2) is 0 Å². The fourth-order valence-corrected chi connectivity index (χ4v) is 2.78. The van der Waals surface area contributed by atoms with Gasteiger partial charge in [-0.3, -0.25) is 9.59 Å². The molecule has 0 spiro atoms. The molecule has 1 rings (SSSR count). The Hall–Kier alpha value is -1.10. The summed E-state index contributed by atoms with van der Waals surface area (Å²) in [4.78, 5) is 25.9. The van der Waals surface area contributed by atoms with E-state index in [0.717, 1.165) is 32.2 Å². The van der Waals surface area contributed by atoms with E-state index in [0.29, 0.717) is 26.1 Å². The maximum atomic E-state index is 12.3. The lowest BCUT2D eigenvalue weighted by molar-refractivity contribution is -0.151. The summed E-state index contributed by atoms with van der Waals surface area (Å²) in [5.41, 5.74) is 5.70. The zero-order valence-corrected chi connectivity index (χ0v) is 13.7. The molecule has 5 nitrogen and oxygen atoms in total. The molecule has 0 bridgehead atoms. The minimum atomic E-state index is -0.168. The minimum absolute atomic E-state index is 0.0980. The molecule has 0 aromatic heterocycles. The number of carbonyl (C=O) groups excluding carboxylic acids is 2. The van der Waals surface area contributed by atoms with E-state index in [1.165, 1.54) is 0 Å². The minimum Gasteiger partial charge on any atom is -0.466 e. The lowest BCUT2D eigenvalue weighted by Gasteiger charge is -2.32. The first-order valence-electron chi connectivity index (χ1n) is 8.04. The molecule has 1 aliphatic heterocycles. The quantitative estimate of drug-likeness (QED) is 0.729. The molecule has 1 heterocycles. The Balaban J connectivity index is 2.45. The number of rotatable bonds is 7. The van der Waals surface area contributed by atoms with E-state index >= 15 is 0 Å². The first-order valence-corrected chi connectivity index (χ1v) is 8.04. The van der Waals surface area contributed by atoms with E-state index in [2.05, 4.69) is 13.8 Å². The number of likely N-dealkylation sites (tertiary alicyclic amines) is 1. The maximum Gasteiger partial charge on any atom is 0.310 e. The Labute approximate surface area is 128 Å². The molecule has 1 atom stereocenters. The SMILES string of the molecule is CCOC(=O)C1CCCN(C(=O)CCC(C)(C)CCN)C1. The van der Waals surface area contributed by atoms with Crippen LogP contribution in [0.4, 0.5) is 0 Å². The average molecular weight is 298 g/mol. The fraction of sp³-hybridized carbons (Fsp3) is 0.875. The lowest BCUT2D eigenvalue weighted by Crippen LogP contribution is -2.43. The van der Waals surface area contributed by atoms with Crippen molar-refractivity contribution in [1.29, 1.82) is 0 Å². The van der Waals surface area contributed by atoms with Crippen LogP contribution in [0.5, 0.6) is 0 Å². The molecule has 0 aliphatic carbocycles. The molecule has 0 saturated carbocycles. The summed E-state index contributed by atoms with van der Waals surface area (Å²) in [5.74, 6) is -0.174. The second kappa shape index (κ2) is 8.37. The number of hydrogen-bond donors (Lipinski definition) is 1. The smallest absolute Gasteiger partial charge is 0.310 e. The molecule has 1 fully saturated rings. The Morgan fingerprint density at radius 2 is 2.05 bits per heavy atom. The van der Waals surface area contributed by atoms with Crippen molar-refractivity contribution in [2.24, 2.45) is 17.1 Å². The monoisotopic (exact) mass is 298 g/mol. The second-order valence-corrected chi connectivity index (χ2v) is 6.63. The molecule has 0 radical (unpaired) electrons. The molecular weight excluding hydrogens is 268 g/mol. The first kappa shape index (κ1) is 18.0. The van der Waals surface area contributed by atoms with Gasteiger partial charge < -0.3 is 15.4 Å². The van der Waals surface area contributed by atoms with Crippen LogP contribution in [0, 0.1) is 11.3 Å². The number of esters is 1. The third-order valence-electron chi connectivity index (χ3n) is 4.23. The van der Waals surface area contributed by atoms with Crippen molar-refractivity contribution in [2.45, 2.75) is 52.9 Å². The molecule has 0 aromatic rings. The van der Waals surface area contributed by atoms with Crippen LogP contribution in [0.2, 0.25) is 0 Å². The number of nitrogens with two attached hydrogens (primary N) is 1. The third kappa shape index (κ3) is 6.04. The van der Waals surface area contributed by atoms with E-state index in [9.17, 15) is 9.59 Å². The summed E-state index contributed by atoms with van der Waals surface area (Å²) < 4.78 is 5.06. The summed E-state index contributed by atoms with van der Waals surface area (Å²) >= 11 is 0. The number of nitrogens with zero attached hydrogens (tertiary/aromatic N) is 1. The van der Waals surface area contributed by atoms with Gasteiger partial charge >= 0.3 is 5.97 Å². The van der Waals surface area contributed by atoms with Crippen LogP contribution in [0.1, 0.15) is 52.9 Å². The number of hydrogen-bond acceptors (Lipinski definition) is 4. The Morgan fingerprint density at radius 3 is 2.67 bits per heavy atom. The topological polar surface area (TPSA) is 72.6 Å². The highest BCUT2D eigenvalue weighted by molar-refractivity contribution is 5.78. The summed E-state index contributed by atoms with van der Waals surface area (Å²) in [6.07, 6.45) is 3.99. The van der Waals surface area contributed by atoms with Gasteiger partial charge in [-0.15, -0.1) is 0 Å². The maximum absolute atomic E-state index is 12.3. The van der Waals surface area contributed by atoms with E-state index in [4.69, 9.17) is 10.5 Å². The molecule has 5 heteroatoms. The number of carbonyl (C=O) groups is 2. The van der Waals surface area contributed by atoms with E-state index in [1.807, 2.05) is 11.8 Å². The Morgan fingerprint density at radius 1 is 1.33 bits per heavy atom. The number of amides is 1. The highest BCUT2D eigenvalue weighted by Crippen LogP contribution is 2.27. The lowest BCUT2D eigenvalue weighted by atomic mass is 9.84. The fourth-order valence-electron chi connectivity index (χ4n) is 2.78. The van der Waals surface area contributed by atoms with Crippen LogP contribution in [0.3, 0.4) is 0 Å². The van der Waals surface area contributed by atoms with Gasteiger partial charge in [-0.2, -0.15) is 0 Å². The molecule has 1 aliphatic rings. The van der Waals surface area contributed by atoms with Gasteiger partial charge in [0.25, 0.3) is 0 Å². The third-order valence-corrected chi connectivity index (χ3v) is 4.23. The molecular formula is C16H30N2O3. The average Bonchev–Trinajstić information content (AvgIpc) is 2.45. The molecule has 2 N–H and O–H groups in total. The largest absolute Gasteiger partial charge is 0.466 e. The number of ether oxygens (including phenoxy) is 1. The van der Waals surface area contributed by atoms with Gasteiger partial charge in [0, 0.05) is 19.5 Å². The van der Waals surface area contributed by atoms with Crippen LogP contribution in [-0.4, -0.2) is 43.0 Å². The summed E-state index contributed by atoms with van der Waals surface area (Å²) in [7, 11) is 0. The van der Waals surface area contributed by atoms with Crippen LogP contribution in [0.25, 0.3) is 0 Å². The van der Waals surface area contributed by atoms with Crippen molar-refractivity contribution in [3.05, 3.63) is 0 Å². The van der Waals surface area contributed by atoms with Crippen LogP contribution < -0.4 is 5.73 Å². The molecule has 1 saturated heterocycles.